The quantitative estimate of drug-likeness (QED) is 0.644. The van der Waals surface area contributed by atoms with Crippen LogP contribution in [0.15, 0.2) is 36.4 Å². The number of ether oxygens (including phenoxy) is 1. The Kier molecular flexibility index (Phi) is 5.60. The van der Waals surface area contributed by atoms with Crippen molar-refractivity contribution in [3.8, 4) is 5.75 Å². The van der Waals surface area contributed by atoms with Gasteiger partial charge in [0, 0.05) is 31.5 Å². The van der Waals surface area contributed by atoms with Crippen LogP contribution in [0.5, 0.6) is 5.75 Å². The van der Waals surface area contributed by atoms with Gasteiger partial charge in [0.05, 0.1) is 6.10 Å². The molecule has 0 amide bonds. The van der Waals surface area contributed by atoms with Gasteiger partial charge in [-0.3, -0.25) is 9.69 Å². The van der Waals surface area contributed by atoms with Crippen LogP contribution < -0.4 is 4.74 Å². The second-order valence-electron chi connectivity index (χ2n) is 8.89. The SMILES string of the molecule is CC(=O)C1CN(Cc2ccc3cc(O[C@H]4CC[C@H](C(C)(F)F)CC4)ccc3c2)C1. The minimum Gasteiger partial charge on any atom is -0.490 e. The third-order valence-corrected chi connectivity index (χ3v) is 6.51. The molecule has 0 N–H and O–H groups in total. The Morgan fingerprint density at radius 1 is 1.07 bits per heavy atom. The maximum atomic E-state index is 13.5. The lowest BCUT2D eigenvalue weighted by molar-refractivity contribution is -0.126. The van der Waals surface area contributed by atoms with Gasteiger partial charge in [0.2, 0.25) is 5.92 Å². The van der Waals surface area contributed by atoms with Crippen molar-refractivity contribution in [3.63, 3.8) is 0 Å². The van der Waals surface area contributed by atoms with E-state index in [1.54, 1.807) is 6.92 Å². The van der Waals surface area contributed by atoms with Crippen LogP contribution in [0.25, 0.3) is 10.8 Å². The maximum absolute atomic E-state index is 13.5. The van der Waals surface area contributed by atoms with Gasteiger partial charge in [-0.2, -0.15) is 0 Å². The number of nitrogens with zero attached hydrogens (tertiary/aromatic N) is 1. The second-order valence-corrected chi connectivity index (χ2v) is 8.89. The highest BCUT2D eigenvalue weighted by Gasteiger charge is 2.37. The van der Waals surface area contributed by atoms with Crippen molar-refractivity contribution >= 4 is 16.6 Å². The fraction of sp³-hybridized carbons (Fsp3) is 0.542. The number of carbonyl (C=O) groups is 1. The monoisotopic (exact) mass is 401 g/mol. The lowest BCUT2D eigenvalue weighted by Crippen LogP contribution is -2.48. The van der Waals surface area contributed by atoms with Gasteiger partial charge >= 0.3 is 0 Å². The first-order chi connectivity index (χ1) is 13.8. The van der Waals surface area contributed by atoms with E-state index in [0.29, 0.717) is 25.7 Å². The highest BCUT2D eigenvalue weighted by atomic mass is 19.3. The third-order valence-electron chi connectivity index (χ3n) is 6.51. The minimum atomic E-state index is -2.59. The average Bonchev–Trinajstić information content (AvgIpc) is 2.63. The van der Waals surface area contributed by atoms with E-state index in [9.17, 15) is 13.6 Å². The van der Waals surface area contributed by atoms with E-state index in [1.807, 2.05) is 12.1 Å². The van der Waals surface area contributed by atoms with Gasteiger partial charge in [0.25, 0.3) is 0 Å². The molecule has 29 heavy (non-hydrogen) atoms. The molecule has 156 valence electrons. The van der Waals surface area contributed by atoms with E-state index in [2.05, 4.69) is 29.2 Å². The molecule has 4 rings (SSSR count). The van der Waals surface area contributed by atoms with Crippen LogP contribution in [-0.4, -0.2) is 35.8 Å². The fourth-order valence-electron chi connectivity index (χ4n) is 4.54. The van der Waals surface area contributed by atoms with Crippen molar-refractivity contribution in [2.45, 2.75) is 58.1 Å². The van der Waals surface area contributed by atoms with E-state index in [-0.39, 0.29) is 17.8 Å². The molecule has 1 saturated heterocycles. The molecule has 0 unspecified atom stereocenters. The average molecular weight is 401 g/mol. The zero-order valence-corrected chi connectivity index (χ0v) is 17.2. The molecule has 3 nitrogen and oxygen atoms in total. The lowest BCUT2D eigenvalue weighted by Gasteiger charge is -2.37. The molecular formula is C24H29F2NO2. The summed E-state index contributed by atoms with van der Waals surface area (Å²) in [6.07, 6.45) is 2.42. The summed E-state index contributed by atoms with van der Waals surface area (Å²) in [6, 6.07) is 12.5. The predicted molar refractivity (Wildman–Crippen MR) is 110 cm³/mol. The van der Waals surface area contributed by atoms with E-state index < -0.39 is 11.8 Å². The Bertz CT molecular complexity index is 878. The summed E-state index contributed by atoms with van der Waals surface area (Å²) >= 11 is 0. The molecule has 5 heteroatoms. The highest BCUT2D eigenvalue weighted by molar-refractivity contribution is 5.84. The molecular weight excluding hydrogens is 372 g/mol. The summed E-state index contributed by atoms with van der Waals surface area (Å²) in [5.41, 5.74) is 1.24. The summed E-state index contributed by atoms with van der Waals surface area (Å²) in [6.45, 7) is 5.27. The molecule has 0 aromatic heterocycles. The predicted octanol–water partition coefficient (Wildman–Crippen LogP) is 5.45. The molecule has 1 aliphatic heterocycles. The largest absolute Gasteiger partial charge is 0.490 e. The number of carbonyl (C=O) groups excluding carboxylic acids is 1. The highest BCUT2D eigenvalue weighted by Crippen LogP contribution is 2.37. The molecule has 1 saturated carbocycles. The van der Waals surface area contributed by atoms with E-state index >= 15 is 0 Å². The number of rotatable bonds is 6. The molecule has 1 aliphatic carbocycles. The first kappa shape index (κ1) is 20.3. The van der Waals surface area contributed by atoms with Crippen LogP contribution in [0.1, 0.15) is 45.1 Å². The minimum absolute atomic E-state index is 0.0194. The summed E-state index contributed by atoms with van der Waals surface area (Å²) in [4.78, 5) is 13.7. The molecule has 2 fully saturated rings. The normalized spacial score (nSPS) is 23.7. The zero-order valence-electron chi connectivity index (χ0n) is 17.2. The summed E-state index contributed by atoms with van der Waals surface area (Å²) in [5.74, 6) is -1.81. The van der Waals surface area contributed by atoms with Gasteiger partial charge in [-0.05, 0) is 74.1 Å². The Balaban J connectivity index is 1.35. The lowest BCUT2D eigenvalue weighted by atomic mass is 9.84. The summed E-state index contributed by atoms with van der Waals surface area (Å²) < 4.78 is 33.0. The van der Waals surface area contributed by atoms with Gasteiger partial charge in [0.15, 0.2) is 0 Å². The van der Waals surface area contributed by atoms with Gasteiger partial charge in [0.1, 0.15) is 11.5 Å². The summed E-state index contributed by atoms with van der Waals surface area (Å²) in [7, 11) is 0. The van der Waals surface area contributed by atoms with Gasteiger partial charge in [-0.15, -0.1) is 0 Å². The molecule has 2 aromatic carbocycles. The van der Waals surface area contributed by atoms with Gasteiger partial charge in [-0.25, -0.2) is 8.78 Å². The first-order valence-corrected chi connectivity index (χ1v) is 10.6. The number of ketones is 1. The number of alkyl halides is 2. The van der Waals surface area contributed by atoms with Crippen LogP contribution in [0.3, 0.4) is 0 Å². The van der Waals surface area contributed by atoms with Crippen LogP contribution in [-0.2, 0) is 11.3 Å². The number of hydrogen-bond donors (Lipinski definition) is 0. The van der Waals surface area contributed by atoms with Crippen LogP contribution in [0, 0.1) is 11.8 Å². The first-order valence-electron chi connectivity index (χ1n) is 10.6. The van der Waals surface area contributed by atoms with Gasteiger partial charge < -0.3 is 4.74 Å². The van der Waals surface area contributed by atoms with Gasteiger partial charge in [-0.1, -0.05) is 18.2 Å². The Morgan fingerprint density at radius 3 is 2.38 bits per heavy atom. The van der Waals surface area contributed by atoms with Crippen molar-refractivity contribution in [1.29, 1.82) is 0 Å². The molecule has 0 atom stereocenters. The molecule has 0 bridgehead atoms. The smallest absolute Gasteiger partial charge is 0.248 e. The molecule has 1 heterocycles. The standard InChI is InChI=1S/C24H29F2NO2/c1-16(28)20-14-27(15-20)13-17-3-4-19-12-23(8-5-18(19)11-17)29-22-9-6-21(7-10-22)24(2,25)26/h3-5,8,11-12,20-22H,6-7,9-10,13-15H2,1-2H3/t21-,22-. The molecule has 0 spiro atoms. The zero-order chi connectivity index (χ0) is 20.6. The third kappa shape index (κ3) is 4.77. The number of hydrogen-bond acceptors (Lipinski definition) is 3. The molecule has 2 aliphatic rings. The maximum Gasteiger partial charge on any atom is 0.248 e. The van der Waals surface area contributed by atoms with Crippen molar-refractivity contribution in [2.24, 2.45) is 11.8 Å². The summed E-state index contributed by atoms with van der Waals surface area (Å²) in [5, 5.41) is 2.28. The van der Waals surface area contributed by atoms with Crippen molar-refractivity contribution in [1.82, 2.24) is 4.90 Å². The number of likely N-dealkylation sites (tertiary alicyclic amines) is 1. The second kappa shape index (κ2) is 8.02. The van der Waals surface area contributed by atoms with Crippen molar-refractivity contribution in [2.75, 3.05) is 13.1 Å². The van der Waals surface area contributed by atoms with Crippen LogP contribution >= 0.6 is 0 Å². The Labute approximate surface area is 171 Å². The van der Waals surface area contributed by atoms with E-state index in [0.717, 1.165) is 43.1 Å². The van der Waals surface area contributed by atoms with Crippen LogP contribution in [0.2, 0.25) is 0 Å². The fourth-order valence-corrected chi connectivity index (χ4v) is 4.54. The number of fused-ring (bicyclic) bond motifs is 1. The molecule has 0 radical (unpaired) electrons. The van der Waals surface area contributed by atoms with Crippen LogP contribution in [0.4, 0.5) is 8.78 Å². The topological polar surface area (TPSA) is 29.5 Å². The van der Waals surface area contributed by atoms with E-state index in [4.69, 9.17) is 4.74 Å². The van der Waals surface area contributed by atoms with Crippen molar-refractivity contribution in [3.05, 3.63) is 42.0 Å². The Hall–Kier alpha value is -2.01. The number of benzene rings is 2. The van der Waals surface area contributed by atoms with Crippen molar-refractivity contribution < 1.29 is 18.3 Å². The number of Topliss-reactive ketones (excluding diaryl/α,β-unsaturated/α-hetero) is 1. The van der Waals surface area contributed by atoms with E-state index in [1.165, 1.54) is 5.56 Å². The Morgan fingerprint density at radius 2 is 1.72 bits per heavy atom. The number of halogens is 2. The molecule has 2 aromatic rings.